The molecule has 0 radical (unpaired) electrons. The van der Waals surface area contributed by atoms with Crippen molar-refractivity contribution in [2.75, 3.05) is 20.6 Å². The molecule has 120 valence electrons. The molecule has 0 spiro atoms. The molecule has 0 aliphatic rings. The van der Waals surface area contributed by atoms with Gasteiger partial charge in [-0.15, -0.1) is 0 Å². The fourth-order valence-electron chi connectivity index (χ4n) is 2.44. The Balaban J connectivity index is 3.15. The van der Waals surface area contributed by atoms with E-state index in [0.29, 0.717) is 5.78 Å². The van der Waals surface area contributed by atoms with Crippen LogP contribution in [-0.2, 0) is 4.79 Å². The molecule has 0 saturated carbocycles. The number of hydrogen-bond acceptors (Lipinski definition) is 2. The lowest BCUT2D eigenvalue weighted by Crippen LogP contribution is -2.12. The smallest absolute Gasteiger partial charge is 0.135 e. The lowest BCUT2D eigenvalue weighted by molar-refractivity contribution is -0.122. The van der Waals surface area contributed by atoms with Crippen LogP contribution >= 0.6 is 0 Å². The van der Waals surface area contributed by atoms with Crippen molar-refractivity contribution in [2.45, 2.75) is 84.5 Å². The summed E-state index contributed by atoms with van der Waals surface area (Å²) in [6.45, 7) is 5.38. The minimum atomic E-state index is 0.275. The fourth-order valence-corrected chi connectivity index (χ4v) is 2.44. The molecule has 2 nitrogen and oxygen atoms in total. The second-order valence-electron chi connectivity index (χ2n) is 6.51. The SMILES string of the molecule is CCC(C)C(=O)CCCCCCCCCCCN(C)C. The van der Waals surface area contributed by atoms with Crippen LogP contribution in [0.1, 0.15) is 84.5 Å². The van der Waals surface area contributed by atoms with Crippen molar-refractivity contribution >= 4 is 5.78 Å². The summed E-state index contributed by atoms with van der Waals surface area (Å²) in [5.74, 6) is 0.741. The summed E-state index contributed by atoms with van der Waals surface area (Å²) in [6, 6.07) is 0. The molecule has 0 aromatic heterocycles. The summed E-state index contributed by atoms with van der Waals surface area (Å²) in [7, 11) is 4.29. The van der Waals surface area contributed by atoms with Gasteiger partial charge in [0.25, 0.3) is 0 Å². The molecule has 20 heavy (non-hydrogen) atoms. The zero-order chi connectivity index (χ0) is 15.2. The van der Waals surface area contributed by atoms with Crippen LogP contribution in [0, 0.1) is 5.92 Å². The average molecular weight is 283 g/mol. The van der Waals surface area contributed by atoms with Crippen molar-refractivity contribution in [1.82, 2.24) is 4.90 Å². The van der Waals surface area contributed by atoms with Crippen LogP contribution in [0.4, 0.5) is 0 Å². The number of rotatable bonds is 14. The van der Waals surface area contributed by atoms with Crippen molar-refractivity contribution in [1.29, 1.82) is 0 Å². The van der Waals surface area contributed by atoms with Crippen molar-refractivity contribution in [2.24, 2.45) is 5.92 Å². The van der Waals surface area contributed by atoms with Crippen molar-refractivity contribution in [3.63, 3.8) is 0 Å². The first kappa shape index (κ1) is 19.6. The van der Waals surface area contributed by atoms with E-state index in [1.54, 1.807) is 0 Å². The van der Waals surface area contributed by atoms with E-state index in [-0.39, 0.29) is 5.92 Å². The molecule has 1 unspecified atom stereocenters. The number of carbonyl (C=O) groups is 1. The molecule has 0 fully saturated rings. The molecule has 0 aliphatic carbocycles. The van der Waals surface area contributed by atoms with Crippen LogP contribution in [0.2, 0.25) is 0 Å². The topological polar surface area (TPSA) is 20.3 Å². The molecule has 0 rings (SSSR count). The molecule has 0 amide bonds. The lowest BCUT2D eigenvalue weighted by atomic mass is 9.98. The summed E-state index contributed by atoms with van der Waals surface area (Å²) >= 11 is 0. The zero-order valence-electron chi connectivity index (χ0n) is 14.4. The van der Waals surface area contributed by atoms with Gasteiger partial charge in [0.1, 0.15) is 5.78 Å². The van der Waals surface area contributed by atoms with Crippen LogP contribution in [-0.4, -0.2) is 31.3 Å². The van der Waals surface area contributed by atoms with E-state index in [9.17, 15) is 4.79 Å². The van der Waals surface area contributed by atoms with Gasteiger partial charge in [-0.2, -0.15) is 0 Å². The van der Waals surface area contributed by atoms with Crippen LogP contribution in [0.25, 0.3) is 0 Å². The first-order chi connectivity index (χ1) is 9.57. The molecule has 2 heteroatoms. The minimum absolute atomic E-state index is 0.275. The minimum Gasteiger partial charge on any atom is -0.309 e. The number of nitrogens with zero attached hydrogens (tertiary/aromatic N) is 1. The molecule has 0 saturated heterocycles. The normalized spacial score (nSPS) is 12.8. The molecule has 0 heterocycles. The first-order valence-corrected chi connectivity index (χ1v) is 8.75. The van der Waals surface area contributed by atoms with Crippen molar-refractivity contribution in [3.05, 3.63) is 0 Å². The summed E-state index contributed by atoms with van der Waals surface area (Å²) in [6.07, 6.45) is 13.7. The lowest BCUT2D eigenvalue weighted by Gasteiger charge is -2.08. The maximum Gasteiger partial charge on any atom is 0.135 e. The Bertz CT molecular complexity index is 225. The molecule has 0 aromatic rings. The van der Waals surface area contributed by atoms with Crippen molar-refractivity contribution in [3.8, 4) is 0 Å². The highest BCUT2D eigenvalue weighted by Crippen LogP contribution is 2.13. The molecule has 0 aromatic carbocycles. The van der Waals surface area contributed by atoms with Gasteiger partial charge in [-0.1, -0.05) is 58.8 Å². The van der Waals surface area contributed by atoms with Crippen LogP contribution in [0.3, 0.4) is 0 Å². The summed E-state index contributed by atoms with van der Waals surface area (Å²) < 4.78 is 0. The Morgan fingerprint density at radius 1 is 0.850 bits per heavy atom. The first-order valence-electron chi connectivity index (χ1n) is 8.75. The molecular formula is C18H37NO. The molecule has 0 bridgehead atoms. The Labute approximate surface area is 127 Å². The molecule has 0 aliphatic heterocycles. The van der Waals surface area contributed by atoms with Gasteiger partial charge in [-0.3, -0.25) is 4.79 Å². The van der Waals surface area contributed by atoms with E-state index in [0.717, 1.165) is 19.3 Å². The Kier molecular flexibility index (Phi) is 13.4. The quantitative estimate of drug-likeness (QED) is 0.415. The van der Waals surface area contributed by atoms with Crippen molar-refractivity contribution < 1.29 is 4.79 Å². The number of ketones is 1. The Hall–Kier alpha value is -0.370. The third-order valence-corrected chi connectivity index (χ3v) is 4.19. The molecular weight excluding hydrogens is 246 g/mol. The van der Waals surface area contributed by atoms with Crippen LogP contribution in [0.5, 0.6) is 0 Å². The van der Waals surface area contributed by atoms with Gasteiger partial charge in [0.05, 0.1) is 0 Å². The zero-order valence-corrected chi connectivity index (χ0v) is 14.4. The van der Waals surface area contributed by atoms with Gasteiger partial charge in [0.15, 0.2) is 0 Å². The highest BCUT2D eigenvalue weighted by atomic mass is 16.1. The highest BCUT2D eigenvalue weighted by molar-refractivity contribution is 5.80. The third-order valence-electron chi connectivity index (χ3n) is 4.19. The standard InChI is InChI=1S/C18H37NO/c1-5-17(2)18(20)15-13-11-9-7-6-8-10-12-14-16-19(3)4/h17H,5-16H2,1-4H3. The summed E-state index contributed by atoms with van der Waals surface area (Å²) in [4.78, 5) is 13.9. The predicted molar refractivity (Wildman–Crippen MR) is 89.2 cm³/mol. The van der Waals surface area contributed by atoms with Gasteiger partial charge in [-0.25, -0.2) is 0 Å². The van der Waals surface area contributed by atoms with E-state index >= 15 is 0 Å². The van der Waals surface area contributed by atoms with Gasteiger partial charge in [-0.05, 0) is 39.9 Å². The van der Waals surface area contributed by atoms with Gasteiger partial charge >= 0.3 is 0 Å². The molecule has 1 atom stereocenters. The van der Waals surface area contributed by atoms with Crippen LogP contribution in [0.15, 0.2) is 0 Å². The summed E-state index contributed by atoms with van der Waals surface area (Å²) in [5.41, 5.74) is 0. The maximum absolute atomic E-state index is 11.7. The maximum atomic E-state index is 11.7. The van der Waals surface area contributed by atoms with Gasteiger partial charge in [0.2, 0.25) is 0 Å². The van der Waals surface area contributed by atoms with E-state index in [4.69, 9.17) is 0 Å². The third kappa shape index (κ3) is 12.7. The number of Topliss-reactive ketones (excluding diaryl/α,β-unsaturated/α-hetero) is 1. The summed E-state index contributed by atoms with van der Waals surface area (Å²) in [5, 5.41) is 0. The van der Waals surface area contributed by atoms with Gasteiger partial charge in [0, 0.05) is 12.3 Å². The monoisotopic (exact) mass is 283 g/mol. The van der Waals surface area contributed by atoms with E-state index in [2.05, 4.69) is 32.8 Å². The van der Waals surface area contributed by atoms with Gasteiger partial charge < -0.3 is 4.90 Å². The van der Waals surface area contributed by atoms with E-state index < -0.39 is 0 Å². The Morgan fingerprint density at radius 2 is 1.30 bits per heavy atom. The molecule has 0 N–H and O–H groups in total. The van der Waals surface area contributed by atoms with E-state index in [1.807, 2.05) is 0 Å². The largest absolute Gasteiger partial charge is 0.309 e. The van der Waals surface area contributed by atoms with E-state index in [1.165, 1.54) is 57.9 Å². The second kappa shape index (κ2) is 13.6. The fraction of sp³-hybridized carbons (Fsp3) is 0.944. The number of carbonyl (C=O) groups excluding carboxylic acids is 1. The highest BCUT2D eigenvalue weighted by Gasteiger charge is 2.09. The Morgan fingerprint density at radius 3 is 1.75 bits per heavy atom. The van der Waals surface area contributed by atoms with Crippen LogP contribution < -0.4 is 0 Å². The predicted octanol–water partition coefficient (Wildman–Crippen LogP) is 5.06. The average Bonchev–Trinajstić information content (AvgIpc) is 2.43. The number of hydrogen-bond donors (Lipinski definition) is 0. The number of unbranched alkanes of at least 4 members (excludes halogenated alkanes) is 8. The second-order valence-corrected chi connectivity index (χ2v) is 6.51.